The predicted molar refractivity (Wildman–Crippen MR) is 238 cm³/mol. The van der Waals surface area contributed by atoms with Gasteiger partial charge in [-0.25, -0.2) is 9.97 Å². The molecule has 8 rings (SSSR count). The number of nitrogens with one attached hydrogen (secondary N) is 2. The molecule has 0 aliphatic rings. The van der Waals surface area contributed by atoms with Crippen LogP contribution in [-0.2, 0) is 15.6 Å². The molecule has 0 spiro atoms. The van der Waals surface area contributed by atoms with Gasteiger partial charge in [-0.2, -0.15) is 52.7 Å². The largest absolute Gasteiger partial charge is 0.506 e. The molecule has 8 aromatic rings. The smallest absolute Gasteiger partial charge is 0.411 e. The molecule has 0 aliphatic heterocycles. The number of aromatic hydroxyl groups is 2. The van der Waals surface area contributed by atoms with Gasteiger partial charge in [0.15, 0.2) is 17.1 Å². The van der Waals surface area contributed by atoms with Gasteiger partial charge >= 0.3 is 24.7 Å². The summed E-state index contributed by atoms with van der Waals surface area (Å²) in [6, 6.07) is 21.0. The summed E-state index contributed by atoms with van der Waals surface area (Å²) in [5.74, 6) is -3.04. The van der Waals surface area contributed by atoms with Crippen molar-refractivity contribution in [1.82, 2.24) is 9.97 Å². The first-order chi connectivity index (χ1) is 33.5. The fourth-order valence-electron chi connectivity index (χ4n) is 8.21. The normalized spacial score (nSPS) is 12.7. The molecular formula is C50H36F12N4O6. The average Bonchev–Trinajstić information content (AvgIpc) is 3.87. The second kappa shape index (κ2) is 18.6. The Bertz CT molecular complexity index is 3330. The molecule has 0 saturated carbocycles. The van der Waals surface area contributed by atoms with Crippen LogP contribution in [-0.4, -0.2) is 56.7 Å². The third kappa shape index (κ3) is 9.47. The zero-order chi connectivity index (χ0) is 52.9. The number of carbonyl (C=O) groups excluding carboxylic acids is 2. The van der Waals surface area contributed by atoms with Gasteiger partial charge in [-0.1, -0.05) is 59.7 Å². The van der Waals surface area contributed by atoms with E-state index in [9.17, 15) is 72.5 Å². The molecule has 10 nitrogen and oxygen atoms in total. The lowest BCUT2D eigenvalue weighted by molar-refractivity contribution is -0.290. The van der Waals surface area contributed by atoms with Gasteiger partial charge in [-0.05, 0) is 109 Å². The van der Waals surface area contributed by atoms with Crippen molar-refractivity contribution in [3.05, 3.63) is 166 Å². The third-order valence-electron chi connectivity index (χ3n) is 11.4. The van der Waals surface area contributed by atoms with Gasteiger partial charge in [-0.3, -0.25) is 9.59 Å². The Balaban J connectivity index is 0.000000211. The molecule has 2 heterocycles. The molecule has 0 atom stereocenters. The molecule has 0 radical (unpaired) electrons. The van der Waals surface area contributed by atoms with E-state index >= 15 is 0 Å². The first-order valence-corrected chi connectivity index (χ1v) is 20.9. The van der Waals surface area contributed by atoms with Crippen molar-refractivity contribution in [2.24, 2.45) is 0 Å². The maximum atomic E-state index is 14.6. The number of hydrogen-bond donors (Lipinski definition) is 4. The van der Waals surface area contributed by atoms with E-state index in [-0.39, 0.29) is 39.5 Å². The van der Waals surface area contributed by atoms with Crippen LogP contribution in [0.15, 0.2) is 130 Å². The lowest BCUT2D eigenvalue weighted by Gasteiger charge is -2.38. The summed E-state index contributed by atoms with van der Waals surface area (Å²) in [6.07, 6.45) is -23.5. The SMILES string of the molecule is CC(=O)Nc1cc(C(c2ccc(O)c(NC(=O)c3cccc(C)c3)c2)(C(F)(F)F)C(F)(F)F)ccc1O.Cc1cccc(-c2nc3cc(C(c4ccc5oc(C)nc5c4)(C(F)(F)F)C(F)(F)F)ccc3o2)c1. The number of carbonyl (C=O) groups is 2. The number of phenols is 2. The van der Waals surface area contributed by atoms with Crippen LogP contribution in [0, 0.1) is 20.8 Å². The predicted octanol–water partition coefficient (Wildman–Crippen LogP) is 13.7. The maximum absolute atomic E-state index is 14.6. The van der Waals surface area contributed by atoms with Crippen LogP contribution in [0.5, 0.6) is 11.5 Å². The molecule has 376 valence electrons. The van der Waals surface area contributed by atoms with Crippen molar-refractivity contribution in [3.8, 4) is 23.0 Å². The molecule has 0 bridgehead atoms. The van der Waals surface area contributed by atoms with Crippen molar-refractivity contribution in [1.29, 1.82) is 0 Å². The van der Waals surface area contributed by atoms with Crippen molar-refractivity contribution in [2.75, 3.05) is 10.6 Å². The Morgan fingerprint density at radius 2 is 0.931 bits per heavy atom. The minimum atomic E-state index is -6.00. The van der Waals surface area contributed by atoms with Crippen molar-refractivity contribution in [2.45, 2.75) is 63.2 Å². The number of nitrogens with zero attached hydrogens (tertiary/aromatic N) is 2. The second-order valence-corrected chi connectivity index (χ2v) is 16.4. The maximum Gasteiger partial charge on any atom is 0.411 e. The van der Waals surface area contributed by atoms with E-state index in [4.69, 9.17) is 8.83 Å². The molecule has 0 aliphatic carbocycles. The van der Waals surface area contributed by atoms with Crippen molar-refractivity contribution < 1.29 is 81.3 Å². The molecule has 0 fully saturated rings. The van der Waals surface area contributed by atoms with E-state index in [0.717, 1.165) is 48.9 Å². The number of benzene rings is 6. The van der Waals surface area contributed by atoms with Gasteiger partial charge in [0.25, 0.3) is 5.91 Å². The summed E-state index contributed by atoms with van der Waals surface area (Å²) in [6.45, 7) is 5.90. The van der Waals surface area contributed by atoms with Crippen LogP contribution in [0.3, 0.4) is 0 Å². The van der Waals surface area contributed by atoms with E-state index < -0.39 is 92.5 Å². The van der Waals surface area contributed by atoms with Crippen LogP contribution in [0.4, 0.5) is 64.1 Å². The van der Waals surface area contributed by atoms with E-state index in [2.05, 4.69) is 15.3 Å². The zero-order valence-corrected chi connectivity index (χ0v) is 37.5. The summed E-state index contributed by atoms with van der Waals surface area (Å²) < 4.78 is 185. The summed E-state index contributed by atoms with van der Waals surface area (Å²) in [7, 11) is 0. The van der Waals surface area contributed by atoms with Gasteiger partial charge in [0.2, 0.25) is 22.6 Å². The van der Waals surface area contributed by atoms with Gasteiger partial charge in [-0.15, -0.1) is 0 Å². The Labute approximate surface area is 398 Å². The fraction of sp³-hybridized carbons (Fsp3) is 0.200. The molecule has 2 amide bonds. The standard InChI is InChI=1S/C25H20F6N2O4.C25H16F6N2O2/c1-13-4-3-5-15(10-13)22(37)33-19-12-17(7-9-21(19)36)23(24(26,27)28,25(29,30)31)16-6-8-20(35)18(11-16)32-14(2)34;1-13-4-3-5-15(10-13)22-33-19-12-17(7-9-21(19)35-22)23(24(26,27)28,25(29,30)31)16-6-8-20-18(11-16)32-14(2)34-20/h3-12,35-36H,1-2H3,(H,32,34)(H,33,37);3-12H,1-2H3. The number of hydrogen-bond acceptors (Lipinski definition) is 8. The van der Waals surface area contributed by atoms with Crippen molar-refractivity contribution >= 4 is 45.4 Å². The molecule has 0 unspecified atom stereocenters. The van der Waals surface area contributed by atoms with Crippen LogP contribution in [0.1, 0.15) is 56.6 Å². The highest BCUT2D eigenvalue weighted by Crippen LogP contribution is 2.59. The topological polar surface area (TPSA) is 151 Å². The van der Waals surface area contributed by atoms with E-state index in [1.54, 1.807) is 31.2 Å². The summed E-state index contributed by atoms with van der Waals surface area (Å²) in [5, 5.41) is 24.2. The molecule has 22 heteroatoms. The summed E-state index contributed by atoms with van der Waals surface area (Å²) in [4.78, 5) is 32.1. The number of fused-ring (bicyclic) bond motifs is 2. The van der Waals surface area contributed by atoms with Gasteiger partial charge in [0, 0.05) is 25.0 Å². The van der Waals surface area contributed by atoms with Crippen LogP contribution in [0.25, 0.3) is 33.7 Å². The molecule has 0 saturated heterocycles. The molecular weight excluding hydrogens is 981 g/mol. The van der Waals surface area contributed by atoms with Crippen molar-refractivity contribution in [3.63, 3.8) is 0 Å². The Morgan fingerprint density at radius 3 is 1.40 bits per heavy atom. The van der Waals surface area contributed by atoms with E-state index in [0.29, 0.717) is 47.5 Å². The van der Waals surface area contributed by atoms with Gasteiger partial charge in [0.05, 0.1) is 11.4 Å². The molecule has 4 N–H and O–H groups in total. The third-order valence-corrected chi connectivity index (χ3v) is 11.4. The number of rotatable bonds is 8. The Hall–Kier alpha value is -8.04. The number of amides is 2. The number of alkyl halides is 12. The highest BCUT2D eigenvalue weighted by atomic mass is 19.4. The number of anilines is 2. The first kappa shape index (κ1) is 51.8. The number of oxazole rings is 2. The molecule has 6 aromatic carbocycles. The minimum absolute atomic E-state index is 0.0567. The monoisotopic (exact) mass is 1020 g/mol. The van der Waals surface area contributed by atoms with Crippen LogP contribution >= 0.6 is 0 Å². The highest BCUT2D eigenvalue weighted by molar-refractivity contribution is 6.05. The summed E-state index contributed by atoms with van der Waals surface area (Å²) >= 11 is 0. The number of aryl methyl sites for hydroxylation is 3. The Kier molecular flexibility index (Phi) is 13.4. The first-order valence-electron chi connectivity index (χ1n) is 20.9. The molecule has 72 heavy (non-hydrogen) atoms. The van der Waals surface area contributed by atoms with E-state index in [1.807, 2.05) is 18.3 Å². The zero-order valence-electron chi connectivity index (χ0n) is 37.5. The van der Waals surface area contributed by atoms with Crippen LogP contribution in [0.2, 0.25) is 0 Å². The van der Waals surface area contributed by atoms with Gasteiger partial charge < -0.3 is 29.7 Å². The second-order valence-electron chi connectivity index (χ2n) is 16.4. The average molecular weight is 1020 g/mol. The fourth-order valence-corrected chi connectivity index (χ4v) is 8.21. The lowest BCUT2D eigenvalue weighted by Crippen LogP contribution is -2.54. The summed E-state index contributed by atoms with van der Waals surface area (Å²) in [5.41, 5.74) is -13.1. The van der Waals surface area contributed by atoms with Gasteiger partial charge in [0.1, 0.15) is 22.5 Å². The Morgan fingerprint density at radius 1 is 0.500 bits per heavy atom. The quantitative estimate of drug-likeness (QED) is 0.0868. The lowest BCUT2D eigenvalue weighted by atomic mass is 9.72. The minimum Gasteiger partial charge on any atom is -0.506 e. The molecule has 2 aromatic heterocycles. The number of phenolic OH excluding ortho intramolecular Hbond substituents is 2. The number of halogens is 12. The number of aromatic nitrogens is 2. The van der Waals surface area contributed by atoms with E-state index in [1.165, 1.54) is 25.1 Å². The highest BCUT2D eigenvalue weighted by Gasteiger charge is 2.74. The van der Waals surface area contributed by atoms with Crippen LogP contribution < -0.4 is 10.6 Å².